The van der Waals surface area contributed by atoms with Crippen molar-refractivity contribution in [3.8, 4) is 5.69 Å². The van der Waals surface area contributed by atoms with Gasteiger partial charge in [0.05, 0.1) is 18.2 Å². The van der Waals surface area contributed by atoms with E-state index in [1.807, 2.05) is 55.7 Å². The molecule has 0 bridgehead atoms. The largest absolute Gasteiger partial charge is 0.339 e. The summed E-state index contributed by atoms with van der Waals surface area (Å²) in [7, 11) is 1.85. The Balaban J connectivity index is 1.69. The maximum absolute atomic E-state index is 12.4. The van der Waals surface area contributed by atoms with E-state index < -0.39 is 0 Å². The molecule has 23 heavy (non-hydrogen) atoms. The lowest BCUT2D eigenvalue weighted by molar-refractivity contribution is -0.131. The molecule has 0 radical (unpaired) electrons. The summed E-state index contributed by atoms with van der Waals surface area (Å²) < 4.78 is 1.71. The molecule has 1 atom stereocenters. The van der Waals surface area contributed by atoms with Crippen molar-refractivity contribution in [1.29, 1.82) is 0 Å². The van der Waals surface area contributed by atoms with Crippen LogP contribution in [0.2, 0.25) is 0 Å². The molecule has 2 heterocycles. The van der Waals surface area contributed by atoms with Gasteiger partial charge in [-0.3, -0.25) is 4.79 Å². The lowest BCUT2D eigenvalue weighted by Crippen LogP contribution is -2.30. The van der Waals surface area contributed by atoms with Gasteiger partial charge in [-0.05, 0) is 36.1 Å². The van der Waals surface area contributed by atoms with Crippen LogP contribution in [0.5, 0.6) is 0 Å². The Morgan fingerprint density at radius 2 is 2.09 bits per heavy atom. The third-order valence-corrected chi connectivity index (χ3v) is 4.82. The number of amides is 1. The second kappa shape index (κ2) is 6.75. The molecule has 0 fully saturated rings. The van der Waals surface area contributed by atoms with Crippen LogP contribution in [0.4, 0.5) is 0 Å². The zero-order chi connectivity index (χ0) is 16.2. The van der Waals surface area contributed by atoms with Gasteiger partial charge in [0.1, 0.15) is 12.7 Å². The number of rotatable bonds is 5. The summed E-state index contributed by atoms with van der Waals surface area (Å²) in [6, 6.07) is 12.0. The average molecular weight is 326 g/mol. The molecule has 0 saturated carbocycles. The predicted octanol–water partition coefficient (Wildman–Crippen LogP) is 3.09. The number of thiophene rings is 1. The van der Waals surface area contributed by atoms with Crippen LogP contribution < -0.4 is 0 Å². The summed E-state index contributed by atoms with van der Waals surface area (Å²) in [4.78, 5) is 19.2. The number of aromatic nitrogens is 3. The molecule has 0 aliphatic heterocycles. The maximum atomic E-state index is 12.4. The van der Waals surface area contributed by atoms with Crippen molar-refractivity contribution in [2.24, 2.45) is 0 Å². The first kappa shape index (κ1) is 15.4. The quantitative estimate of drug-likeness (QED) is 0.724. The van der Waals surface area contributed by atoms with Crippen molar-refractivity contribution in [1.82, 2.24) is 19.7 Å². The molecule has 3 rings (SSSR count). The van der Waals surface area contributed by atoms with Crippen LogP contribution in [-0.4, -0.2) is 32.6 Å². The first-order chi connectivity index (χ1) is 11.1. The minimum absolute atomic E-state index is 0.0206. The summed E-state index contributed by atoms with van der Waals surface area (Å²) in [6.45, 7) is 2.04. The van der Waals surface area contributed by atoms with E-state index >= 15 is 0 Å². The van der Waals surface area contributed by atoms with Gasteiger partial charge in [0.15, 0.2) is 0 Å². The number of likely N-dealkylation sites (N-methyl/N-ethyl adjacent to an activating group) is 1. The number of carbonyl (C=O) groups is 1. The first-order valence-electron chi connectivity index (χ1n) is 7.38. The molecule has 118 valence electrons. The second-order valence-electron chi connectivity index (χ2n) is 5.37. The zero-order valence-corrected chi connectivity index (χ0v) is 13.9. The van der Waals surface area contributed by atoms with E-state index in [0.717, 1.165) is 16.1 Å². The monoisotopic (exact) mass is 326 g/mol. The van der Waals surface area contributed by atoms with Gasteiger partial charge in [0, 0.05) is 11.9 Å². The summed E-state index contributed by atoms with van der Waals surface area (Å²) >= 11 is 1.61. The molecule has 1 amide bonds. The molecular weight excluding hydrogens is 308 g/mol. The maximum Gasteiger partial charge on any atom is 0.228 e. The van der Waals surface area contributed by atoms with E-state index in [1.54, 1.807) is 27.2 Å². The first-order valence-corrected chi connectivity index (χ1v) is 8.26. The van der Waals surface area contributed by atoms with Crippen molar-refractivity contribution in [2.75, 3.05) is 7.05 Å². The van der Waals surface area contributed by atoms with Crippen molar-refractivity contribution in [2.45, 2.75) is 19.4 Å². The third-order valence-electron chi connectivity index (χ3n) is 3.94. The summed E-state index contributed by atoms with van der Waals surface area (Å²) in [5, 5.41) is 6.10. The van der Waals surface area contributed by atoms with Gasteiger partial charge >= 0.3 is 0 Å². The molecule has 0 saturated heterocycles. The highest BCUT2D eigenvalue weighted by molar-refractivity contribution is 7.10. The lowest BCUT2D eigenvalue weighted by atomic mass is 10.1. The Hall–Kier alpha value is -2.47. The van der Waals surface area contributed by atoms with E-state index in [0.29, 0.717) is 6.42 Å². The number of benzene rings is 1. The van der Waals surface area contributed by atoms with Crippen LogP contribution in [-0.2, 0) is 11.2 Å². The van der Waals surface area contributed by atoms with E-state index in [-0.39, 0.29) is 11.9 Å². The van der Waals surface area contributed by atoms with Crippen molar-refractivity contribution >= 4 is 17.2 Å². The fraction of sp³-hybridized carbons (Fsp3) is 0.235. The van der Waals surface area contributed by atoms with Gasteiger partial charge in [-0.15, -0.1) is 11.3 Å². The number of nitrogens with zero attached hydrogens (tertiary/aromatic N) is 4. The fourth-order valence-electron chi connectivity index (χ4n) is 2.37. The molecule has 5 nitrogen and oxygen atoms in total. The highest BCUT2D eigenvalue weighted by atomic mass is 32.1. The van der Waals surface area contributed by atoms with Gasteiger partial charge in [0.25, 0.3) is 0 Å². The molecule has 3 aromatic rings. The fourth-order valence-corrected chi connectivity index (χ4v) is 3.07. The Labute approximate surface area is 139 Å². The molecule has 1 unspecified atom stereocenters. The zero-order valence-electron chi connectivity index (χ0n) is 13.1. The number of hydrogen-bond acceptors (Lipinski definition) is 4. The molecule has 0 N–H and O–H groups in total. The van der Waals surface area contributed by atoms with Gasteiger partial charge in [-0.25, -0.2) is 9.67 Å². The molecule has 0 aliphatic rings. The van der Waals surface area contributed by atoms with Crippen LogP contribution in [0.25, 0.3) is 5.69 Å². The van der Waals surface area contributed by atoms with Crippen LogP contribution in [0.3, 0.4) is 0 Å². The molecule has 0 aliphatic carbocycles. The Kier molecular flexibility index (Phi) is 4.52. The van der Waals surface area contributed by atoms with E-state index in [9.17, 15) is 4.79 Å². The number of carbonyl (C=O) groups excluding carboxylic acids is 1. The van der Waals surface area contributed by atoms with Crippen LogP contribution in [0.1, 0.15) is 23.4 Å². The Morgan fingerprint density at radius 3 is 2.70 bits per heavy atom. The standard InChI is InChI=1S/C17H18N4OS/c1-13(20(2)17(22)10-16-4-3-9-23-16)14-5-7-15(8-6-14)21-12-18-11-19-21/h3-9,11-13H,10H2,1-2H3. The van der Waals surface area contributed by atoms with E-state index in [4.69, 9.17) is 0 Å². The molecule has 1 aromatic carbocycles. The minimum atomic E-state index is 0.0206. The second-order valence-corrected chi connectivity index (χ2v) is 6.40. The molecular formula is C17H18N4OS. The van der Waals surface area contributed by atoms with Gasteiger partial charge in [-0.2, -0.15) is 5.10 Å². The minimum Gasteiger partial charge on any atom is -0.339 e. The van der Waals surface area contributed by atoms with Gasteiger partial charge < -0.3 is 4.90 Å². The summed E-state index contributed by atoms with van der Waals surface area (Å²) in [6.07, 6.45) is 3.62. The van der Waals surface area contributed by atoms with E-state index in [2.05, 4.69) is 10.1 Å². The normalized spacial score (nSPS) is 12.1. The van der Waals surface area contributed by atoms with Crippen molar-refractivity contribution in [3.05, 3.63) is 64.9 Å². The highest BCUT2D eigenvalue weighted by Gasteiger charge is 2.18. The average Bonchev–Trinajstić information content (AvgIpc) is 3.27. The molecule has 2 aromatic heterocycles. The van der Waals surface area contributed by atoms with Crippen molar-refractivity contribution < 1.29 is 4.79 Å². The lowest BCUT2D eigenvalue weighted by Gasteiger charge is -2.25. The number of hydrogen-bond donors (Lipinski definition) is 0. The predicted molar refractivity (Wildman–Crippen MR) is 90.6 cm³/mol. The van der Waals surface area contributed by atoms with Crippen LogP contribution in [0.15, 0.2) is 54.4 Å². The van der Waals surface area contributed by atoms with Gasteiger partial charge in [-0.1, -0.05) is 18.2 Å². The molecule has 6 heteroatoms. The summed E-state index contributed by atoms with van der Waals surface area (Å²) in [5.74, 6) is 0.125. The van der Waals surface area contributed by atoms with Crippen molar-refractivity contribution in [3.63, 3.8) is 0 Å². The SMILES string of the molecule is CC(c1ccc(-n2cncn2)cc1)N(C)C(=O)Cc1cccs1. The smallest absolute Gasteiger partial charge is 0.228 e. The topological polar surface area (TPSA) is 51.0 Å². The Morgan fingerprint density at radius 1 is 1.30 bits per heavy atom. The third kappa shape index (κ3) is 3.48. The molecule has 0 spiro atoms. The van der Waals surface area contributed by atoms with Crippen LogP contribution >= 0.6 is 11.3 Å². The highest BCUT2D eigenvalue weighted by Crippen LogP contribution is 2.21. The Bertz CT molecular complexity index is 751. The summed E-state index contributed by atoms with van der Waals surface area (Å²) in [5.41, 5.74) is 2.04. The van der Waals surface area contributed by atoms with Crippen LogP contribution in [0, 0.1) is 0 Å². The van der Waals surface area contributed by atoms with E-state index in [1.165, 1.54) is 6.33 Å². The van der Waals surface area contributed by atoms with Gasteiger partial charge in [0.2, 0.25) is 5.91 Å².